The van der Waals surface area contributed by atoms with Crippen LogP contribution in [-0.4, -0.2) is 0 Å². The molecule has 1 fully saturated rings. The van der Waals surface area contributed by atoms with E-state index < -0.39 is 0 Å². The van der Waals surface area contributed by atoms with Crippen molar-refractivity contribution in [3.8, 4) is 0 Å². The maximum absolute atomic E-state index is 3.53. The van der Waals surface area contributed by atoms with E-state index in [9.17, 15) is 0 Å². The van der Waals surface area contributed by atoms with Gasteiger partial charge in [0.05, 0.1) is 3.79 Å². The molecule has 1 aliphatic carbocycles. The summed E-state index contributed by atoms with van der Waals surface area (Å²) in [6, 6.07) is 2.30. The topological polar surface area (TPSA) is 0 Å². The highest BCUT2D eigenvalue weighted by Gasteiger charge is 2.20. The molecule has 1 heterocycles. The average molecular weight is 259 g/mol. The van der Waals surface area contributed by atoms with Gasteiger partial charge in [0.25, 0.3) is 0 Å². The number of rotatable bonds is 1. The van der Waals surface area contributed by atoms with E-state index in [0.29, 0.717) is 0 Å². The molecule has 0 aliphatic heterocycles. The maximum Gasteiger partial charge on any atom is 0.0701 e. The summed E-state index contributed by atoms with van der Waals surface area (Å²) >= 11 is 5.34. The molecule has 0 radical (unpaired) electrons. The van der Waals surface area contributed by atoms with Crippen molar-refractivity contribution in [3.05, 3.63) is 20.8 Å². The van der Waals surface area contributed by atoms with Crippen LogP contribution in [0.4, 0.5) is 0 Å². The standard InChI is InChI=1S/C11H15BrS/c1-8-2-4-9(5-3-8)10-6-11(12)13-7-10/h6-9H,2-5H2,1H3. The number of hydrogen-bond acceptors (Lipinski definition) is 1. The monoisotopic (exact) mass is 258 g/mol. The molecule has 1 saturated carbocycles. The summed E-state index contributed by atoms with van der Waals surface area (Å²) in [5.74, 6) is 1.80. The molecule has 13 heavy (non-hydrogen) atoms. The predicted octanol–water partition coefficient (Wildman–Crippen LogP) is 4.80. The van der Waals surface area contributed by atoms with Crippen molar-refractivity contribution in [2.24, 2.45) is 5.92 Å². The molecule has 2 rings (SSSR count). The molecule has 0 atom stereocenters. The summed E-state index contributed by atoms with van der Waals surface area (Å²) in [6.07, 6.45) is 5.62. The van der Waals surface area contributed by atoms with Crippen molar-refractivity contribution in [1.29, 1.82) is 0 Å². The Morgan fingerprint density at radius 2 is 2.00 bits per heavy atom. The third-order valence-corrected chi connectivity index (χ3v) is 4.60. The Morgan fingerprint density at radius 3 is 2.54 bits per heavy atom. The van der Waals surface area contributed by atoms with Crippen molar-refractivity contribution < 1.29 is 0 Å². The van der Waals surface area contributed by atoms with E-state index in [1.54, 1.807) is 5.56 Å². The molecule has 72 valence electrons. The van der Waals surface area contributed by atoms with Gasteiger partial charge >= 0.3 is 0 Å². The number of halogens is 1. The number of hydrogen-bond donors (Lipinski definition) is 0. The first kappa shape index (κ1) is 9.72. The van der Waals surface area contributed by atoms with Gasteiger partial charge in [-0.25, -0.2) is 0 Å². The largest absolute Gasteiger partial charge is 0.137 e. The van der Waals surface area contributed by atoms with Crippen molar-refractivity contribution in [3.63, 3.8) is 0 Å². The van der Waals surface area contributed by atoms with Crippen LogP contribution in [0.5, 0.6) is 0 Å². The zero-order valence-corrected chi connectivity index (χ0v) is 10.3. The minimum Gasteiger partial charge on any atom is -0.137 e. The lowest BCUT2D eigenvalue weighted by molar-refractivity contribution is 0.348. The SMILES string of the molecule is CC1CCC(c2csc(Br)c2)CC1. The van der Waals surface area contributed by atoms with Crippen LogP contribution in [0, 0.1) is 5.92 Å². The zero-order valence-electron chi connectivity index (χ0n) is 7.92. The molecular formula is C11H15BrS. The molecule has 0 bridgehead atoms. The van der Waals surface area contributed by atoms with E-state index >= 15 is 0 Å². The Kier molecular flexibility index (Phi) is 3.10. The summed E-state index contributed by atoms with van der Waals surface area (Å²) in [5.41, 5.74) is 1.56. The van der Waals surface area contributed by atoms with Crippen LogP contribution in [0.2, 0.25) is 0 Å². The van der Waals surface area contributed by atoms with Crippen LogP contribution in [0.1, 0.15) is 44.1 Å². The fourth-order valence-corrected chi connectivity index (χ4v) is 3.39. The van der Waals surface area contributed by atoms with Crippen molar-refractivity contribution in [2.45, 2.75) is 38.5 Å². The van der Waals surface area contributed by atoms with E-state index in [1.165, 1.54) is 29.5 Å². The maximum atomic E-state index is 3.53. The van der Waals surface area contributed by atoms with Crippen molar-refractivity contribution >= 4 is 27.3 Å². The van der Waals surface area contributed by atoms with Gasteiger partial charge in [-0.2, -0.15) is 0 Å². The second-order valence-corrected chi connectivity index (χ2v) is 6.43. The summed E-state index contributed by atoms with van der Waals surface area (Å²) in [4.78, 5) is 0. The molecule has 0 unspecified atom stereocenters. The van der Waals surface area contributed by atoms with Gasteiger partial charge in [0.15, 0.2) is 0 Å². The summed E-state index contributed by atoms with van der Waals surface area (Å²) in [5, 5.41) is 2.31. The fraction of sp³-hybridized carbons (Fsp3) is 0.636. The van der Waals surface area contributed by atoms with Crippen LogP contribution in [0.25, 0.3) is 0 Å². The third kappa shape index (κ3) is 2.35. The molecule has 0 aromatic carbocycles. The molecule has 1 aliphatic rings. The first-order chi connectivity index (χ1) is 6.25. The van der Waals surface area contributed by atoms with Crippen LogP contribution >= 0.6 is 27.3 Å². The lowest BCUT2D eigenvalue weighted by Crippen LogP contribution is -2.09. The quantitative estimate of drug-likeness (QED) is 0.679. The second-order valence-electron chi connectivity index (χ2n) is 4.14. The van der Waals surface area contributed by atoms with Gasteiger partial charge in [0.2, 0.25) is 0 Å². The van der Waals surface area contributed by atoms with Gasteiger partial charge in [-0.15, -0.1) is 11.3 Å². The van der Waals surface area contributed by atoms with E-state index in [-0.39, 0.29) is 0 Å². The second kappa shape index (κ2) is 4.14. The Balaban J connectivity index is 2.02. The number of thiophene rings is 1. The van der Waals surface area contributed by atoms with E-state index in [0.717, 1.165) is 11.8 Å². The first-order valence-corrected chi connectivity index (χ1v) is 6.67. The summed E-state index contributed by atoms with van der Waals surface area (Å²) < 4.78 is 1.28. The van der Waals surface area contributed by atoms with Gasteiger partial charge in [0, 0.05) is 0 Å². The highest BCUT2D eigenvalue weighted by Crippen LogP contribution is 2.37. The van der Waals surface area contributed by atoms with E-state index in [4.69, 9.17) is 0 Å². The smallest absolute Gasteiger partial charge is 0.0701 e. The van der Waals surface area contributed by atoms with Crippen LogP contribution in [-0.2, 0) is 0 Å². The molecule has 0 saturated heterocycles. The van der Waals surface area contributed by atoms with Gasteiger partial charge in [-0.05, 0) is 57.6 Å². The molecular weight excluding hydrogens is 244 g/mol. The molecule has 0 spiro atoms. The van der Waals surface area contributed by atoms with Crippen LogP contribution in [0.3, 0.4) is 0 Å². The van der Waals surface area contributed by atoms with Crippen molar-refractivity contribution in [1.82, 2.24) is 0 Å². The Bertz CT molecular complexity index is 271. The third-order valence-electron chi connectivity index (χ3n) is 3.07. The highest BCUT2D eigenvalue weighted by molar-refractivity contribution is 9.11. The summed E-state index contributed by atoms with van der Waals surface area (Å²) in [7, 11) is 0. The van der Waals surface area contributed by atoms with Crippen LogP contribution in [0.15, 0.2) is 15.2 Å². The average Bonchev–Trinajstić information content (AvgIpc) is 2.53. The predicted molar refractivity (Wildman–Crippen MR) is 62.4 cm³/mol. The van der Waals surface area contributed by atoms with E-state index in [1.807, 2.05) is 11.3 Å². The summed E-state index contributed by atoms with van der Waals surface area (Å²) in [6.45, 7) is 2.37. The van der Waals surface area contributed by atoms with E-state index in [2.05, 4.69) is 34.3 Å². The molecule has 0 N–H and O–H groups in total. The first-order valence-electron chi connectivity index (χ1n) is 4.99. The lowest BCUT2D eigenvalue weighted by atomic mass is 9.80. The normalized spacial score (nSPS) is 29.1. The highest BCUT2D eigenvalue weighted by atomic mass is 79.9. The lowest BCUT2D eigenvalue weighted by Gasteiger charge is -2.25. The Hall–Kier alpha value is 0.180. The van der Waals surface area contributed by atoms with Gasteiger partial charge in [0.1, 0.15) is 0 Å². The van der Waals surface area contributed by atoms with Gasteiger partial charge < -0.3 is 0 Å². The minimum atomic E-state index is 0.846. The molecule has 1 aromatic heterocycles. The van der Waals surface area contributed by atoms with Gasteiger partial charge in [-0.3, -0.25) is 0 Å². The van der Waals surface area contributed by atoms with Gasteiger partial charge in [-0.1, -0.05) is 19.8 Å². The Labute approximate surface area is 92.5 Å². The van der Waals surface area contributed by atoms with Crippen molar-refractivity contribution in [2.75, 3.05) is 0 Å². The molecule has 2 heteroatoms. The van der Waals surface area contributed by atoms with Crippen LogP contribution < -0.4 is 0 Å². The molecule has 0 amide bonds. The fourth-order valence-electron chi connectivity index (χ4n) is 2.13. The molecule has 1 aromatic rings. The molecule has 0 nitrogen and oxygen atoms in total. The Morgan fingerprint density at radius 1 is 1.31 bits per heavy atom. The minimum absolute atomic E-state index is 0.846. The zero-order chi connectivity index (χ0) is 9.26.